The van der Waals surface area contributed by atoms with Gasteiger partial charge in [0, 0.05) is 11.8 Å². The van der Waals surface area contributed by atoms with E-state index in [4.69, 9.17) is 4.74 Å². The fraction of sp³-hybridized carbons (Fsp3) is 0.0476. The minimum Gasteiger partial charge on any atom is -0.508 e. The molecule has 3 aromatic rings. The average molecular weight is 363 g/mol. The number of benzene rings is 3. The number of nitrogens with one attached hydrogen (secondary N) is 1. The molecule has 27 heavy (non-hydrogen) atoms. The summed E-state index contributed by atoms with van der Waals surface area (Å²) >= 11 is 0. The van der Waals surface area contributed by atoms with Crippen molar-refractivity contribution in [1.82, 2.24) is 0 Å². The fourth-order valence-electron chi connectivity index (χ4n) is 2.48. The molecule has 0 aliphatic heterocycles. The van der Waals surface area contributed by atoms with E-state index in [1.54, 1.807) is 48.5 Å². The molecule has 0 unspecified atom stereocenters. The number of carbonyl (C=O) groups excluding carboxylic acids is 2. The topological polar surface area (TPSA) is 95.9 Å². The van der Waals surface area contributed by atoms with E-state index in [1.165, 1.54) is 12.1 Å². The van der Waals surface area contributed by atoms with E-state index in [9.17, 15) is 19.8 Å². The monoisotopic (exact) mass is 363 g/mol. The van der Waals surface area contributed by atoms with E-state index >= 15 is 0 Å². The molecule has 0 atom stereocenters. The predicted molar refractivity (Wildman–Crippen MR) is 100 cm³/mol. The number of carbonyl (C=O) groups is 2. The van der Waals surface area contributed by atoms with Gasteiger partial charge in [-0.25, -0.2) is 0 Å². The quantitative estimate of drug-likeness (QED) is 0.582. The van der Waals surface area contributed by atoms with Crippen LogP contribution in [0.5, 0.6) is 17.2 Å². The molecule has 0 saturated heterocycles. The predicted octanol–water partition coefficient (Wildman–Crippen LogP) is 3.61. The molecule has 0 spiro atoms. The second kappa shape index (κ2) is 8.05. The van der Waals surface area contributed by atoms with Crippen LogP contribution >= 0.6 is 0 Å². The number of phenols is 2. The number of hydrogen-bond donors (Lipinski definition) is 3. The minimum absolute atomic E-state index is 0.0269. The van der Waals surface area contributed by atoms with Crippen molar-refractivity contribution < 1.29 is 24.5 Å². The van der Waals surface area contributed by atoms with Gasteiger partial charge < -0.3 is 20.3 Å². The van der Waals surface area contributed by atoms with Crippen molar-refractivity contribution in [3.8, 4) is 17.2 Å². The van der Waals surface area contributed by atoms with Gasteiger partial charge in [-0.2, -0.15) is 0 Å². The highest BCUT2D eigenvalue weighted by Crippen LogP contribution is 2.24. The van der Waals surface area contributed by atoms with Crippen molar-refractivity contribution >= 4 is 17.4 Å². The molecule has 0 aliphatic carbocycles. The highest BCUT2D eigenvalue weighted by Gasteiger charge is 2.16. The zero-order valence-electron chi connectivity index (χ0n) is 14.3. The molecular formula is C21H17NO5. The molecule has 0 fully saturated rings. The number of rotatable bonds is 6. The number of hydrogen-bond acceptors (Lipinski definition) is 5. The SMILES string of the molecule is O=C(COc1ccccc1C(=O)Nc1ccccc1)c1ccc(O)cc1O. The van der Waals surface area contributed by atoms with Gasteiger partial charge >= 0.3 is 0 Å². The van der Waals surface area contributed by atoms with Crippen LogP contribution in [0.4, 0.5) is 5.69 Å². The molecule has 0 aromatic heterocycles. The van der Waals surface area contributed by atoms with Crippen molar-refractivity contribution in [3.05, 3.63) is 83.9 Å². The van der Waals surface area contributed by atoms with Gasteiger partial charge in [-0.1, -0.05) is 30.3 Å². The standard InChI is InChI=1S/C21H17NO5/c23-15-10-11-16(18(24)12-15)19(25)13-27-20-9-5-4-8-17(20)21(26)22-14-6-2-1-3-7-14/h1-12,23-24H,13H2,(H,22,26). The smallest absolute Gasteiger partial charge is 0.259 e. The van der Waals surface area contributed by atoms with Crippen LogP contribution in [0.3, 0.4) is 0 Å². The Bertz CT molecular complexity index is 969. The van der Waals surface area contributed by atoms with Gasteiger partial charge in [-0.15, -0.1) is 0 Å². The van der Waals surface area contributed by atoms with Crippen molar-refractivity contribution in [2.24, 2.45) is 0 Å². The first-order chi connectivity index (χ1) is 13.0. The van der Waals surface area contributed by atoms with Gasteiger partial charge in [-0.3, -0.25) is 9.59 Å². The third kappa shape index (κ3) is 4.43. The van der Waals surface area contributed by atoms with E-state index < -0.39 is 5.78 Å². The first-order valence-electron chi connectivity index (χ1n) is 8.18. The summed E-state index contributed by atoms with van der Waals surface area (Å²) in [5.41, 5.74) is 0.950. The molecule has 0 heterocycles. The zero-order valence-corrected chi connectivity index (χ0v) is 14.3. The highest BCUT2D eigenvalue weighted by molar-refractivity contribution is 6.06. The number of amides is 1. The number of ether oxygens (including phenoxy) is 1. The summed E-state index contributed by atoms with van der Waals surface area (Å²) in [6.45, 7) is -0.367. The maximum absolute atomic E-state index is 12.5. The van der Waals surface area contributed by atoms with E-state index in [1.807, 2.05) is 6.07 Å². The lowest BCUT2D eigenvalue weighted by molar-refractivity contribution is 0.0911. The minimum atomic E-state index is -0.481. The van der Waals surface area contributed by atoms with Crippen LogP contribution in [0.15, 0.2) is 72.8 Å². The van der Waals surface area contributed by atoms with Crippen LogP contribution in [0.2, 0.25) is 0 Å². The number of phenolic OH excluding ortho intramolecular Hbond substituents is 2. The molecule has 6 nitrogen and oxygen atoms in total. The molecule has 3 aromatic carbocycles. The molecule has 0 bridgehead atoms. The lowest BCUT2D eigenvalue weighted by Gasteiger charge is -2.12. The summed E-state index contributed by atoms with van der Waals surface area (Å²) in [6.07, 6.45) is 0. The third-order valence-electron chi connectivity index (χ3n) is 3.80. The van der Waals surface area contributed by atoms with Crippen LogP contribution in [-0.2, 0) is 0 Å². The summed E-state index contributed by atoms with van der Waals surface area (Å²) in [4.78, 5) is 24.8. The summed E-state index contributed by atoms with van der Waals surface area (Å²) in [6, 6.07) is 19.2. The Morgan fingerprint density at radius 1 is 0.852 bits per heavy atom. The summed E-state index contributed by atoms with van der Waals surface area (Å²) in [7, 11) is 0. The number of ketones is 1. The van der Waals surface area contributed by atoms with Gasteiger partial charge in [0.05, 0.1) is 11.1 Å². The average Bonchev–Trinajstić information content (AvgIpc) is 2.67. The van der Waals surface area contributed by atoms with Gasteiger partial charge in [0.15, 0.2) is 6.61 Å². The van der Waals surface area contributed by atoms with Gasteiger partial charge in [-0.05, 0) is 36.4 Å². The van der Waals surface area contributed by atoms with Gasteiger partial charge in [0.2, 0.25) is 5.78 Å². The number of Topliss-reactive ketones (excluding diaryl/α,β-unsaturated/α-hetero) is 1. The highest BCUT2D eigenvalue weighted by atomic mass is 16.5. The fourth-order valence-corrected chi connectivity index (χ4v) is 2.48. The van der Waals surface area contributed by atoms with Crippen molar-refractivity contribution in [2.75, 3.05) is 11.9 Å². The van der Waals surface area contributed by atoms with Crippen molar-refractivity contribution in [3.63, 3.8) is 0 Å². The zero-order chi connectivity index (χ0) is 19.2. The number of anilines is 1. The van der Waals surface area contributed by atoms with Crippen LogP contribution in [0.25, 0.3) is 0 Å². The van der Waals surface area contributed by atoms with Gasteiger partial charge in [0.1, 0.15) is 17.2 Å². The normalized spacial score (nSPS) is 10.2. The van der Waals surface area contributed by atoms with Gasteiger partial charge in [0.25, 0.3) is 5.91 Å². The second-order valence-corrected chi connectivity index (χ2v) is 5.73. The molecule has 3 rings (SSSR count). The summed E-state index contributed by atoms with van der Waals surface area (Å²) in [5.74, 6) is -1.08. The van der Waals surface area contributed by atoms with Crippen LogP contribution in [-0.4, -0.2) is 28.5 Å². The molecular weight excluding hydrogens is 346 g/mol. The maximum atomic E-state index is 12.5. The Balaban J connectivity index is 1.72. The van der Waals surface area contributed by atoms with E-state index in [-0.39, 0.29) is 40.9 Å². The second-order valence-electron chi connectivity index (χ2n) is 5.73. The van der Waals surface area contributed by atoms with Crippen LogP contribution in [0, 0.1) is 0 Å². The summed E-state index contributed by atoms with van der Waals surface area (Å²) in [5, 5.41) is 21.8. The lowest BCUT2D eigenvalue weighted by Crippen LogP contribution is -2.16. The van der Waals surface area contributed by atoms with E-state index in [0.717, 1.165) is 6.07 Å². The Hall–Kier alpha value is -3.80. The van der Waals surface area contributed by atoms with Crippen molar-refractivity contribution in [1.29, 1.82) is 0 Å². The molecule has 1 amide bonds. The third-order valence-corrected chi connectivity index (χ3v) is 3.80. The molecule has 0 saturated carbocycles. The van der Waals surface area contributed by atoms with E-state index in [2.05, 4.69) is 5.32 Å². The lowest BCUT2D eigenvalue weighted by atomic mass is 10.1. The summed E-state index contributed by atoms with van der Waals surface area (Å²) < 4.78 is 5.51. The molecule has 0 aliphatic rings. The van der Waals surface area contributed by atoms with Crippen LogP contribution < -0.4 is 10.1 Å². The molecule has 136 valence electrons. The number of para-hydroxylation sites is 2. The number of aromatic hydroxyl groups is 2. The van der Waals surface area contributed by atoms with Crippen molar-refractivity contribution in [2.45, 2.75) is 0 Å². The largest absolute Gasteiger partial charge is 0.508 e. The molecule has 0 radical (unpaired) electrons. The Kier molecular flexibility index (Phi) is 5.37. The molecule has 6 heteroatoms. The molecule has 3 N–H and O–H groups in total. The Labute approximate surface area is 155 Å². The van der Waals surface area contributed by atoms with Crippen LogP contribution in [0.1, 0.15) is 20.7 Å². The Morgan fingerprint density at radius 3 is 2.30 bits per heavy atom. The maximum Gasteiger partial charge on any atom is 0.259 e. The Morgan fingerprint density at radius 2 is 1.56 bits per heavy atom. The van der Waals surface area contributed by atoms with E-state index in [0.29, 0.717) is 5.69 Å². The first-order valence-corrected chi connectivity index (χ1v) is 8.18. The first kappa shape index (κ1) is 18.0.